The van der Waals surface area contributed by atoms with Gasteiger partial charge in [-0.3, -0.25) is 9.69 Å². The average molecular weight is 519 g/mol. The molecule has 9 heteroatoms. The number of hydrogen-bond acceptors (Lipinski definition) is 7. The van der Waals surface area contributed by atoms with Crippen molar-refractivity contribution in [1.82, 2.24) is 29.5 Å². The number of carbonyl (C=O) groups is 1. The van der Waals surface area contributed by atoms with Crippen LogP contribution in [0.5, 0.6) is 17.4 Å². The van der Waals surface area contributed by atoms with E-state index in [0.29, 0.717) is 24.3 Å². The van der Waals surface area contributed by atoms with Crippen LogP contribution in [0.4, 0.5) is 0 Å². The van der Waals surface area contributed by atoms with Crippen LogP contribution in [0.1, 0.15) is 57.9 Å². The number of benzene rings is 1. The third-order valence-corrected chi connectivity index (χ3v) is 7.66. The van der Waals surface area contributed by atoms with Crippen molar-refractivity contribution in [3.05, 3.63) is 60.8 Å². The molecule has 0 radical (unpaired) electrons. The number of piperidine rings is 1. The molecule has 0 N–H and O–H groups in total. The van der Waals surface area contributed by atoms with Crippen molar-refractivity contribution in [3.63, 3.8) is 0 Å². The Balaban J connectivity index is 1.31. The van der Waals surface area contributed by atoms with Crippen molar-refractivity contribution in [2.45, 2.75) is 70.5 Å². The first-order chi connectivity index (χ1) is 18.5. The van der Waals surface area contributed by atoms with Crippen LogP contribution in [0.15, 0.2) is 55.2 Å². The summed E-state index contributed by atoms with van der Waals surface area (Å²) in [5.41, 5.74) is 0.306. The van der Waals surface area contributed by atoms with Crippen molar-refractivity contribution in [2.75, 3.05) is 26.2 Å². The van der Waals surface area contributed by atoms with Gasteiger partial charge in [-0.25, -0.2) is 14.6 Å². The molecule has 0 saturated carbocycles. The lowest BCUT2D eigenvalue weighted by Gasteiger charge is -2.41. The molecule has 0 spiro atoms. The van der Waals surface area contributed by atoms with Gasteiger partial charge in [-0.2, -0.15) is 5.10 Å². The molecule has 0 aliphatic carbocycles. The van der Waals surface area contributed by atoms with Gasteiger partial charge >= 0.3 is 0 Å². The molecule has 2 aliphatic rings. The average Bonchev–Trinajstić information content (AvgIpc) is 3.49. The Morgan fingerprint density at radius 3 is 2.55 bits per heavy atom. The summed E-state index contributed by atoms with van der Waals surface area (Å²) < 4.78 is 14.0. The topological polar surface area (TPSA) is 85.6 Å². The molecule has 2 aliphatic heterocycles. The number of carbonyl (C=O) groups excluding carboxylic acids is 1. The van der Waals surface area contributed by atoms with E-state index < -0.39 is 5.54 Å². The highest BCUT2D eigenvalue weighted by Gasteiger charge is 2.37. The molecule has 9 nitrogen and oxygen atoms in total. The van der Waals surface area contributed by atoms with Crippen LogP contribution in [0.2, 0.25) is 0 Å². The van der Waals surface area contributed by atoms with E-state index in [1.54, 1.807) is 17.2 Å². The van der Waals surface area contributed by atoms with Crippen molar-refractivity contribution in [3.8, 4) is 17.4 Å². The number of pyridine rings is 1. The molecule has 202 valence electrons. The molecule has 3 aromatic rings. The van der Waals surface area contributed by atoms with Gasteiger partial charge in [-0.15, -0.1) is 0 Å². The number of likely N-dealkylation sites (tertiary alicyclic amines) is 1. The van der Waals surface area contributed by atoms with Gasteiger partial charge in [-0.1, -0.05) is 31.0 Å². The molecule has 0 atom stereocenters. The van der Waals surface area contributed by atoms with Gasteiger partial charge < -0.3 is 14.4 Å². The van der Waals surface area contributed by atoms with Crippen molar-refractivity contribution < 1.29 is 14.3 Å². The Morgan fingerprint density at radius 2 is 1.76 bits per heavy atom. The predicted molar refractivity (Wildman–Crippen MR) is 144 cm³/mol. The zero-order chi connectivity index (χ0) is 26.4. The summed E-state index contributed by atoms with van der Waals surface area (Å²) in [5.74, 6) is 2.15. The largest absolute Gasteiger partial charge is 0.490 e. The SMILES string of the molecule is CC(C)(C(=O)N1CCC(N2CCCCCCOc3ccccc3Oc3ncccc3C2)CC1)n1cncn1. The smallest absolute Gasteiger partial charge is 0.250 e. The minimum Gasteiger partial charge on any atom is -0.490 e. The molecule has 1 amide bonds. The van der Waals surface area contributed by atoms with Crippen molar-refractivity contribution >= 4 is 5.91 Å². The zero-order valence-corrected chi connectivity index (χ0v) is 22.5. The van der Waals surface area contributed by atoms with Gasteiger partial charge in [0.1, 0.15) is 18.2 Å². The van der Waals surface area contributed by atoms with E-state index in [1.165, 1.54) is 12.7 Å². The fraction of sp³-hybridized carbons (Fsp3) is 0.517. The number of amides is 1. The van der Waals surface area contributed by atoms with Gasteiger partial charge in [0, 0.05) is 37.4 Å². The van der Waals surface area contributed by atoms with Crippen molar-refractivity contribution in [1.29, 1.82) is 0 Å². The van der Waals surface area contributed by atoms with E-state index in [2.05, 4.69) is 26.0 Å². The molecule has 1 saturated heterocycles. The highest BCUT2D eigenvalue weighted by Crippen LogP contribution is 2.33. The molecule has 1 aromatic carbocycles. The second kappa shape index (κ2) is 11.9. The van der Waals surface area contributed by atoms with Crippen LogP contribution in [-0.2, 0) is 16.9 Å². The summed E-state index contributed by atoms with van der Waals surface area (Å²) in [7, 11) is 0. The van der Waals surface area contributed by atoms with Gasteiger partial charge in [0.05, 0.1) is 6.61 Å². The number of fused-ring (bicyclic) bond motifs is 2. The standard InChI is InChI=1S/C29H38N6O3/c1-29(2,35-22-30-21-32-35)28(36)33-17-13-24(14-18-33)34-16-7-3-4-8-19-37-25-11-5-6-12-26(25)38-27-23(20-34)10-9-15-31-27/h5-6,9-12,15,21-22,24H,3-4,7-8,13-14,16-20H2,1-2H3. The number of ether oxygens (including phenoxy) is 2. The number of hydrogen-bond donors (Lipinski definition) is 0. The molecule has 4 heterocycles. The molecule has 2 aromatic heterocycles. The van der Waals surface area contributed by atoms with Crippen LogP contribution in [0.3, 0.4) is 0 Å². The normalized spacial score (nSPS) is 18.4. The second-order valence-corrected chi connectivity index (χ2v) is 10.7. The summed E-state index contributed by atoms with van der Waals surface area (Å²) in [6.45, 7) is 7.73. The third-order valence-electron chi connectivity index (χ3n) is 7.66. The fourth-order valence-corrected chi connectivity index (χ4v) is 5.37. The van der Waals surface area contributed by atoms with E-state index in [9.17, 15) is 4.79 Å². The monoisotopic (exact) mass is 518 g/mol. The van der Waals surface area contributed by atoms with E-state index in [4.69, 9.17) is 9.47 Å². The second-order valence-electron chi connectivity index (χ2n) is 10.7. The Morgan fingerprint density at radius 1 is 0.974 bits per heavy atom. The predicted octanol–water partition coefficient (Wildman–Crippen LogP) is 4.65. The van der Waals surface area contributed by atoms with Crippen molar-refractivity contribution in [2.24, 2.45) is 0 Å². The number of para-hydroxylation sites is 2. The van der Waals surface area contributed by atoms with Gasteiger partial charge in [0.15, 0.2) is 11.5 Å². The maximum Gasteiger partial charge on any atom is 0.250 e. The van der Waals surface area contributed by atoms with Crippen LogP contribution in [-0.4, -0.2) is 67.7 Å². The zero-order valence-electron chi connectivity index (χ0n) is 22.5. The highest BCUT2D eigenvalue weighted by atomic mass is 16.5. The maximum atomic E-state index is 13.4. The molecular formula is C29H38N6O3. The molecule has 0 unspecified atom stereocenters. The van der Waals surface area contributed by atoms with Gasteiger partial charge in [-0.05, 0) is 64.3 Å². The first kappa shape index (κ1) is 26.2. The molecule has 5 rings (SSSR count). The number of aromatic nitrogens is 4. The van der Waals surface area contributed by atoms with Crippen LogP contribution in [0, 0.1) is 0 Å². The summed E-state index contributed by atoms with van der Waals surface area (Å²) >= 11 is 0. The maximum absolute atomic E-state index is 13.4. The fourth-order valence-electron chi connectivity index (χ4n) is 5.37. The first-order valence-corrected chi connectivity index (χ1v) is 13.7. The minimum atomic E-state index is -0.754. The van der Waals surface area contributed by atoms with E-state index in [1.807, 2.05) is 49.1 Å². The van der Waals surface area contributed by atoms with Gasteiger partial charge in [0.25, 0.3) is 0 Å². The Hall–Kier alpha value is -3.46. The summed E-state index contributed by atoms with van der Waals surface area (Å²) in [6, 6.07) is 12.3. The van der Waals surface area contributed by atoms with E-state index in [-0.39, 0.29) is 5.91 Å². The van der Waals surface area contributed by atoms with E-state index in [0.717, 1.165) is 69.6 Å². The molecular weight excluding hydrogens is 480 g/mol. The minimum absolute atomic E-state index is 0.0892. The first-order valence-electron chi connectivity index (χ1n) is 13.7. The van der Waals surface area contributed by atoms with Crippen LogP contribution in [0.25, 0.3) is 0 Å². The lowest BCUT2D eigenvalue weighted by molar-refractivity contribution is -0.141. The lowest BCUT2D eigenvalue weighted by Crippen LogP contribution is -2.52. The Kier molecular flexibility index (Phi) is 8.22. The highest BCUT2D eigenvalue weighted by molar-refractivity contribution is 5.83. The Labute approximate surface area is 224 Å². The molecule has 0 bridgehead atoms. The molecule has 38 heavy (non-hydrogen) atoms. The van der Waals surface area contributed by atoms with Gasteiger partial charge in [0.2, 0.25) is 11.8 Å². The summed E-state index contributed by atoms with van der Waals surface area (Å²) in [5, 5.41) is 4.21. The summed E-state index contributed by atoms with van der Waals surface area (Å²) in [6.07, 6.45) is 11.2. The third kappa shape index (κ3) is 5.99. The number of rotatable bonds is 3. The van der Waals surface area contributed by atoms with Crippen LogP contribution < -0.4 is 9.47 Å². The summed E-state index contributed by atoms with van der Waals surface area (Å²) in [4.78, 5) is 26.5. The molecule has 1 fully saturated rings. The Bertz CT molecular complexity index is 1190. The quantitative estimate of drug-likeness (QED) is 0.499. The van der Waals surface area contributed by atoms with Crippen LogP contribution >= 0.6 is 0 Å². The lowest BCUT2D eigenvalue weighted by atomic mass is 9.97. The van der Waals surface area contributed by atoms with E-state index >= 15 is 0 Å². The number of nitrogens with zero attached hydrogens (tertiary/aromatic N) is 6.